The number of nitrogens with one attached hydrogen (secondary N) is 2. The Kier molecular flexibility index (Phi) is 5.75. The summed E-state index contributed by atoms with van der Waals surface area (Å²) in [5.41, 5.74) is 0.786. The molecule has 2 N–H and O–H groups in total. The van der Waals surface area contributed by atoms with Gasteiger partial charge < -0.3 is 15.5 Å². The first-order chi connectivity index (χ1) is 13.7. The van der Waals surface area contributed by atoms with Gasteiger partial charge in [-0.25, -0.2) is 9.48 Å². The number of urea groups is 1. The molecule has 1 saturated carbocycles. The zero-order valence-electron chi connectivity index (χ0n) is 15.5. The Morgan fingerprint density at radius 2 is 1.86 bits per heavy atom. The quantitative estimate of drug-likeness (QED) is 0.717. The van der Waals surface area contributed by atoms with Crippen molar-refractivity contribution in [3.05, 3.63) is 30.3 Å². The summed E-state index contributed by atoms with van der Waals surface area (Å²) < 4.78 is 1.81. The predicted molar refractivity (Wildman–Crippen MR) is 105 cm³/mol. The highest BCUT2D eigenvalue weighted by Gasteiger charge is 2.28. The number of anilines is 1. The van der Waals surface area contributed by atoms with Gasteiger partial charge in [0.1, 0.15) is 0 Å². The molecule has 0 atom stereocenters. The number of piperidine rings is 1. The third-order valence-electron chi connectivity index (χ3n) is 4.86. The molecule has 0 spiro atoms. The van der Waals surface area contributed by atoms with E-state index < -0.39 is 0 Å². The van der Waals surface area contributed by atoms with Crippen molar-refractivity contribution < 1.29 is 9.59 Å². The molecule has 28 heavy (non-hydrogen) atoms. The second kappa shape index (κ2) is 8.59. The molecule has 1 aromatic carbocycles. The maximum Gasteiger partial charge on any atom is 0.321 e. The number of rotatable bonds is 6. The van der Waals surface area contributed by atoms with Gasteiger partial charge in [0.15, 0.2) is 0 Å². The molecule has 4 rings (SSSR count). The lowest BCUT2D eigenvalue weighted by Crippen LogP contribution is -2.48. The largest absolute Gasteiger partial charge is 0.353 e. The molecule has 2 aromatic rings. The number of hydrogen-bond donors (Lipinski definition) is 2. The number of nitrogens with zero attached hydrogens (tertiary/aromatic N) is 5. The third-order valence-corrected chi connectivity index (χ3v) is 5.79. The van der Waals surface area contributed by atoms with E-state index in [1.165, 1.54) is 11.8 Å². The summed E-state index contributed by atoms with van der Waals surface area (Å²) in [6.45, 7) is 1.24. The van der Waals surface area contributed by atoms with Crippen LogP contribution in [0.2, 0.25) is 0 Å². The van der Waals surface area contributed by atoms with Gasteiger partial charge in [-0.2, -0.15) is 0 Å². The van der Waals surface area contributed by atoms with Crippen molar-refractivity contribution in [1.29, 1.82) is 0 Å². The van der Waals surface area contributed by atoms with Crippen LogP contribution in [0.1, 0.15) is 31.7 Å². The number of aromatic nitrogens is 4. The van der Waals surface area contributed by atoms with Gasteiger partial charge in [0, 0.05) is 24.8 Å². The van der Waals surface area contributed by atoms with Crippen molar-refractivity contribution >= 4 is 29.4 Å². The van der Waals surface area contributed by atoms with Crippen LogP contribution in [0.25, 0.3) is 0 Å². The maximum atomic E-state index is 12.3. The molecular formula is C18H23N7O2S. The summed E-state index contributed by atoms with van der Waals surface area (Å²) in [6.07, 6.45) is 3.69. The van der Waals surface area contributed by atoms with Gasteiger partial charge in [0.25, 0.3) is 0 Å². The number of hydrogen-bond acceptors (Lipinski definition) is 6. The Bertz CT molecular complexity index is 816. The Morgan fingerprint density at radius 3 is 2.57 bits per heavy atom. The number of benzene rings is 1. The van der Waals surface area contributed by atoms with E-state index in [1.54, 1.807) is 4.90 Å². The van der Waals surface area contributed by atoms with Crippen LogP contribution in [-0.4, -0.2) is 61.9 Å². The van der Waals surface area contributed by atoms with Crippen LogP contribution >= 0.6 is 11.8 Å². The first kappa shape index (κ1) is 18.7. The van der Waals surface area contributed by atoms with Crippen LogP contribution in [0.5, 0.6) is 0 Å². The summed E-state index contributed by atoms with van der Waals surface area (Å²) in [5.74, 6) is 0.268. The van der Waals surface area contributed by atoms with Crippen molar-refractivity contribution in [2.24, 2.45) is 0 Å². The highest BCUT2D eigenvalue weighted by atomic mass is 32.2. The molecule has 148 valence electrons. The third kappa shape index (κ3) is 4.80. The van der Waals surface area contributed by atoms with Gasteiger partial charge in [0.05, 0.1) is 11.8 Å². The highest BCUT2D eigenvalue weighted by Crippen LogP contribution is 2.36. The van der Waals surface area contributed by atoms with E-state index in [9.17, 15) is 9.59 Å². The molecule has 1 saturated heterocycles. The number of carbonyl (C=O) groups is 2. The van der Waals surface area contributed by atoms with Crippen molar-refractivity contribution in [2.75, 3.05) is 24.2 Å². The maximum absolute atomic E-state index is 12.3. The van der Waals surface area contributed by atoms with Crippen molar-refractivity contribution in [1.82, 2.24) is 30.4 Å². The van der Waals surface area contributed by atoms with Gasteiger partial charge in [0.2, 0.25) is 11.1 Å². The summed E-state index contributed by atoms with van der Waals surface area (Å²) in [7, 11) is 0. The molecule has 2 fully saturated rings. The van der Waals surface area contributed by atoms with Gasteiger partial charge in [-0.15, -0.1) is 5.10 Å². The van der Waals surface area contributed by atoms with Gasteiger partial charge in [-0.3, -0.25) is 4.79 Å². The zero-order valence-corrected chi connectivity index (χ0v) is 16.3. The van der Waals surface area contributed by atoms with Crippen molar-refractivity contribution in [2.45, 2.75) is 42.9 Å². The van der Waals surface area contributed by atoms with Crippen molar-refractivity contribution in [3.63, 3.8) is 0 Å². The minimum atomic E-state index is -0.0987. The first-order valence-electron chi connectivity index (χ1n) is 9.50. The summed E-state index contributed by atoms with van der Waals surface area (Å²) in [4.78, 5) is 26.4. The van der Waals surface area contributed by atoms with E-state index in [4.69, 9.17) is 0 Å². The Morgan fingerprint density at radius 1 is 1.11 bits per heavy atom. The van der Waals surface area contributed by atoms with Crippen molar-refractivity contribution in [3.8, 4) is 0 Å². The number of likely N-dealkylation sites (tertiary alicyclic amines) is 1. The molecule has 2 heterocycles. The lowest BCUT2D eigenvalue weighted by atomic mass is 10.1. The average Bonchev–Trinajstić information content (AvgIpc) is 3.45. The standard InChI is InChI=1S/C18H23N7O2S/c26-16(12-28-18-21-22-23-25(18)15-6-7-15)19-14-8-10-24(11-9-14)17(27)20-13-4-2-1-3-5-13/h1-5,14-15H,6-12H2,(H,19,26)(H,20,27). The summed E-state index contributed by atoms with van der Waals surface area (Å²) in [6, 6.07) is 9.80. The number of tetrazole rings is 1. The van der Waals surface area contributed by atoms with Gasteiger partial charge in [-0.1, -0.05) is 30.0 Å². The molecule has 1 aliphatic heterocycles. The Labute approximate surface area is 167 Å². The fraction of sp³-hybridized carbons (Fsp3) is 0.500. The fourth-order valence-electron chi connectivity index (χ4n) is 3.18. The molecule has 9 nitrogen and oxygen atoms in total. The van der Waals surface area contributed by atoms with E-state index >= 15 is 0 Å². The lowest BCUT2D eigenvalue weighted by Gasteiger charge is -2.32. The van der Waals surface area contributed by atoms with E-state index in [1.807, 2.05) is 35.0 Å². The molecular weight excluding hydrogens is 378 g/mol. The average molecular weight is 401 g/mol. The summed E-state index contributed by atoms with van der Waals surface area (Å²) >= 11 is 1.37. The second-order valence-electron chi connectivity index (χ2n) is 7.05. The smallest absolute Gasteiger partial charge is 0.321 e. The van der Waals surface area contributed by atoms with Crippen LogP contribution in [0.4, 0.5) is 10.5 Å². The topological polar surface area (TPSA) is 105 Å². The molecule has 2 aliphatic rings. The van der Waals surface area contributed by atoms with Gasteiger partial charge in [-0.05, 0) is 48.2 Å². The van der Waals surface area contributed by atoms with E-state index in [2.05, 4.69) is 26.2 Å². The van der Waals surface area contributed by atoms with Crippen LogP contribution in [-0.2, 0) is 4.79 Å². The van der Waals surface area contributed by atoms with E-state index in [0.717, 1.165) is 31.4 Å². The molecule has 0 bridgehead atoms. The van der Waals surface area contributed by atoms with Crippen LogP contribution in [0.15, 0.2) is 35.5 Å². The SMILES string of the molecule is O=C(CSc1nnnn1C1CC1)NC1CCN(C(=O)Nc2ccccc2)CC1. The number of amides is 3. The molecule has 0 unspecified atom stereocenters. The second-order valence-corrected chi connectivity index (χ2v) is 7.99. The lowest BCUT2D eigenvalue weighted by molar-refractivity contribution is -0.119. The minimum absolute atomic E-state index is 0.0254. The van der Waals surface area contributed by atoms with Gasteiger partial charge >= 0.3 is 6.03 Å². The fourth-order valence-corrected chi connectivity index (χ4v) is 3.93. The molecule has 10 heteroatoms. The normalized spacial score (nSPS) is 17.4. The summed E-state index contributed by atoms with van der Waals surface area (Å²) in [5, 5.41) is 18.3. The number of para-hydroxylation sites is 1. The van der Waals surface area contributed by atoms with Crippen LogP contribution in [0, 0.1) is 0 Å². The van der Waals surface area contributed by atoms with E-state index in [0.29, 0.717) is 30.0 Å². The molecule has 1 aromatic heterocycles. The first-order valence-corrected chi connectivity index (χ1v) is 10.5. The van der Waals surface area contributed by atoms with E-state index in [-0.39, 0.29) is 18.0 Å². The monoisotopic (exact) mass is 401 g/mol. The molecule has 3 amide bonds. The predicted octanol–water partition coefficient (Wildman–Crippen LogP) is 1.91. The Balaban J connectivity index is 1.18. The van der Waals surface area contributed by atoms with Crippen LogP contribution < -0.4 is 10.6 Å². The number of thioether (sulfide) groups is 1. The zero-order chi connectivity index (χ0) is 19.3. The minimum Gasteiger partial charge on any atom is -0.353 e. The highest BCUT2D eigenvalue weighted by molar-refractivity contribution is 7.99. The molecule has 1 aliphatic carbocycles. The van der Waals surface area contributed by atoms with Crippen LogP contribution in [0.3, 0.4) is 0 Å². The number of carbonyl (C=O) groups excluding carboxylic acids is 2. The molecule has 0 radical (unpaired) electrons. The Hall–Kier alpha value is -2.62.